The van der Waals surface area contributed by atoms with E-state index in [1.807, 2.05) is 67.6 Å². The van der Waals surface area contributed by atoms with Gasteiger partial charge in [0.05, 0.1) is 17.5 Å². The molecule has 0 bridgehead atoms. The van der Waals surface area contributed by atoms with Gasteiger partial charge in [-0.3, -0.25) is 9.59 Å². The number of furan rings is 1. The number of fused-ring (bicyclic) bond motifs is 4. The Morgan fingerprint density at radius 2 is 1.77 bits per heavy atom. The lowest BCUT2D eigenvalue weighted by molar-refractivity contribution is -0.115. The second-order valence-corrected chi connectivity index (χ2v) is 7.41. The fraction of sp³-hybridized carbons (Fsp3) is 0.125. The number of nitrogens with one attached hydrogen (secondary N) is 1. The summed E-state index contributed by atoms with van der Waals surface area (Å²) in [6.07, 6.45) is 0.0677. The molecule has 6 heteroatoms. The summed E-state index contributed by atoms with van der Waals surface area (Å²) in [6, 6.07) is 19.0. The van der Waals surface area contributed by atoms with E-state index in [0.717, 1.165) is 27.5 Å². The number of carbonyl (C=O) groups excluding carboxylic acids is 1. The van der Waals surface area contributed by atoms with Gasteiger partial charge in [-0.2, -0.15) is 5.10 Å². The maximum absolute atomic E-state index is 12.8. The normalized spacial score (nSPS) is 11.4. The molecule has 1 N–H and O–H groups in total. The van der Waals surface area contributed by atoms with Crippen LogP contribution in [0.1, 0.15) is 11.3 Å². The third kappa shape index (κ3) is 2.93. The molecule has 3 aromatic carbocycles. The summed E-state index contributed by atoms with van der Waals surface area (Å²) in [5.41, 5.74) is 3.55. The van der Waals surface area contributed by atoms with Crippen molar-refractivity contribution in [3.8, 4) is 0 Å². The van der Waals surface area contributed by atoms with Gasteiger partial charge in [-0.15, -0.1) is 0 Å². The van der Waals surface area contributed by atoms with Crippen LogP contribution in [-0.4, -0.2) is 15.7 Å². The van der Waals surface area contributed by atoms with Gasteiger partial charge in [0.1, 0.15) is 11.2 Å². The maximum atomic E-state index is 12.8. The van der Waals surface area contributed by atoms with Crippen molar-refractivity contribution in [1.82, 2.24) is 9.78 Å². The Kier molecular flexibility index (Phi) is 4.13. The van der Waals surface area contributed by atoms with Crippen molar-refractivity contribution in [2.45, 2.75) is 13.3 Å². The van der Waals surface area contributed by atoms with Crippen molar-refractivity contribution in [3.05, 3.63) is 82.3 Å². The molecule has 0 radical (unpaired) electrons. The van der Waals surface area contributed by atoms with E-state index in [1.165, 1.54) is 4.68 Å². The number of hydrogen-bond donors (Lipinski definition) is 1. The molecule has 2 heterocycles. The molecule has 0 atom stereocenters. The third-order valence-electron chi connectivity index (χ3n) is 5.35. The molecule has 0 fully saturated rings. The first-order chi connectivity index (χ1) is 14.5. The maximum Gasteiger partial charge on any atom is 0.274 e. The van der Waals surface area contributed by atoms with Gasteiger partial charge in [0.15, 0.2) is 0 Å². The van der Waals surface area contributed by atoms with Crippen LogP contribution in [0, 0.1) is 6.92 Å². The minimum absolute atomic E-state index is 0.0677. The molecule has 0 unspecified atom stereocenters. The van der Waals surface area contributed by atoms with Crippen LogP contribution in [0.25, 0.3) is 32.7 Å². The third-order valence-corrected chi connectivity index (χ3v) is 5.35. The molecular weight excluding hydrogens is 378 g/mol. The number of aromatic nitrogens is 2. The fourth-order valence-electron chi connectivity index (χ4n) is 3.93. The lowest BCUT2D eigenvalue weighted by Gasteiger charge is -2.10. The molecule has 0 aliphatic rings. The Balaban J connectivity index is 1.48. The van der Waals surface area contributed by atoms with Crippen molar-refractivity contribution in [1.29, 1.82) is 0 Å². The highest BCUT2D eigenvalue weighted by Gasteiger charge is 2.15. The summed E-state index contributed by atoms with van der Waals surface area (Å²) in [4.78, 5) is 25.3. The van der Waals surface area contributed by atoms with Gasteiger partial charge in [-0.1, -0.05) is 36.4 Å². The number of anilines is 1. The van der Waals surface area contributed by atoms with Gasteiger partial charge in [0, 0.05) is 28.9 Å². The second kappa shape index (κ2) is 6.84. The monoisotopic (exact) mass is 397 g/mol. The van der Waals surface area contributed by atoms with E-state index in [0.29, 0.717) is 22.2 Å². The van der Waals surface area contributed by atoms with Gasteiger partial charge >= 0.3 is 0 Å². The zero-order valence-electron chi connectivity index (χ0n) is 16.6. The average molecular weight is 397 g/mol. The molecule has 1 amide bonds. The fourth-order valence-corrected chi connectivity index (χ4v) is 3.93. The summed E-state index contributed by atoms with van der Waals surface area (Å²) in [5.74, 6) is -0.198. The number of aryl methyl sites for hydroxylation is 2. The molecule has 2 aromatic heterocycles. The molecule has 148 valence electrons. The molecule has 0 spiro atoms. The Hall–Kier alpha value is -3.93. The molecule has 6 nitrogen and oxygen atoms in total. The van der Waals surface area contributed by atoms with Crippen molar-refractivity contribution < 1.29 is 9.21 Å². The smallest absolute Gasteiger partial charge is 0.274 e. The van der Waals surface area contributed by atoms with Crippen molar-refractivity contribution in [3.63, 3.8) is 0 Å². The summed E-state index contributed by atoms with van der Waals surface area (Å²) >= 11 is 0. The molecule has 0 aliphatic heterocycles. The van der Waals surface area contributed by atoms with E-state index in [2.05, 4.69) is 10.4 Å². The first kappa shape index (κ1) is 18.1. The molecule has 5 aromatic rings. The minimum Gasteiger partial charge on any atom is -0.456 e. The number of rotatable bonds is 3. The van der Waals surface area contributed by atoms with E-state index in [4.69, 9.17) is 4.42 Å². The van der Waals surface area contributed by atoms with Gasteiger partial charge in [0.2, 0.25) is 5.91 Å². The van der Waals surface area contributed by atoms with E-state index < -0.39 is 0 Å². The van der Waals surface area contributed by atoms with Crippen molar-refractivity contribution >= 4 is 44.3 Å². The molecular formula is C24H19N3O3. The lowest BCUT2D eigenvalue weighted by Crippen LogP contribution is -2.24. The summed E-state index contributed by atoms with van der Waals surface area (Å²) in [6.45, 7) is 1.89. The van der Waals surface area contributed by atoms with Crippen LogP contribution in [0.2, 0.25) is 0 Å². The highest BCUT2D eigenvalue weighted by molar-refractivity contribution is 6.07. The number of benzene rings is 3. The van der Waals surface area contributed by atoms with Gasteiger partial charge in [-0.25, -0.2) is 4.68 Å². The highest BCUT2D eigenvalue weighted by Crippen LogP contribution is 2.30. The van der Waals surface area contributed by atoms with Gasteiger partial charge in [0.25, 0.3) is 5.56 Å². The Bertz CT molecular complexity index is 1510. The number of amides is 1. The van der Waals surface area contributed by atoms with E-state index >= 15 is 0 Å². The number of para-hydroxylation sites is 1. The summed E-state index contributed by atoms with van der Waals surface area (Å²) in [7, 11) is 1.60. The predicted octanol–water partition coefficient (Wildman–Crippen LogP) is 4.32. The quantitative estimate of drug-likeness (QED) is 0.492. The van der Waals surface area contributed by atoms with Crippen molar-refractivity contribution in [2.75, 3.05) is 5.32 Å². The zero-order chi connectivity index (χ0) is 20.8. The molecule has 5 rings (SSSR count). The SMILES string of the molecule is Cc1cccc2c(CC(=O)Nc3ccc4oc5ccccc5c4c3)nn(C)c(=O)c12. The van der Waals surface area contributed by atoms with Crippen LogP contribution >= 0.6 is 0 Å². The van der Waals surface area contributed by atoms with Crippen LogP contribution in [0.4, 0.5) is 5.69 Å². The largest absolute Gasteiger partial charge is 0.456 e. The standard InChI is InChI=1S/C24H19N3O3/c1-14-6-5-8-17-19(26-27(2)24(29)23(14)17)13-22(28)25-15-10-11-21-18(12-15)16-7-3-4-9-20(16)30-21/h3-12H,13H2,1-2H3,(H,25,28). The Labute approximate surface area is 171 Å². The van der Waals surface area contributed by atoms with Crippen LogP contribution in [0.3, 0.4) is 0 Å². The average Bonchev–Trinajstić information content (AvgIpc) is 3.10. The van der Waals surface area contributed by atoms with Crippen LogP contribution in [-0.2, 0) is 18.3 Å². The minimum atomic E-state index is -0.198. The van der Waals surface area contributed by atoms with E-state index in [1.54, 1.807) is 7.05 Å². The first-order valence-electron chi connectivity index (χ1n) is 9.68. The molecule has 0 aliphatic carbocycles. The molecule has 30 heavy (non-hydrogen) atoms. The van der Waals surface area contributed by atoms with Crippen LogP contribution in [0.15, 0.2) is 69.9 Å². The highest BCUT2D eigenvalue weighted by atomic mass is 16.3. The van der Waals surface area contributed by atoms with Crippen LogP contribution < -0.4 is 10.9 Å². The second-order valence-electron chi connectivity index (χ2n) is 7.41. The predicted molar refractivity (Wildman–Crippen MR) is 118 cm³/mol. The topological polar surface area (TPSA) is 77.1 Å². The zero-order valence-corrected chi connectivity index (χ0v) is 16.6. The number of carbonyl (C=O) groups is 1. The summed E-state index contributed by atoms with van der Waals surface area (Å²) in [5, 5.41) is 10.5. The van der Waals surface area contributed by atoms with Crippen LogP contribution in [0.5, 0.6) is 0 Å². The Morgan fingerprint density at radius 3 is 2.63 bits per heavy atom. The summed E-state index contributed by atoms with van der Waals surface area (Å²) < 4.78 is 7.13. The van der Waals surface area contributed by atoms with E-state index in [9.17, 15) is 9.59 Å². The van der Waals surface area contributed by atoms with Gasteiger partial charge in [-0.05, 0) is 36.8 Å². The lowest BCUT2D eigenvalue weighted by atomic mass is 10.0. The number of hydrogen-bond acceptors (Lipinski definition) is 4. The first-order valence-corrected chi connectivity index (χ1v) is 9.68. The Morgan fingerprint density at radius 1 is 1.00 bits per heavy atom. The van der Waals surface area contributed by atoms with Crippen molar-refractivity contribution in [2.24, 2.45) is 7.05 Å². The molecule has 0 saturated carbocycles. The van der Waals surface area contributed by atoms with Gasteiger partial charge < -0.3 is 9.73 Å². The molecule has 0 saturated heterocycles. The van der Waals surface area contributed by atoms with E-state index in [-0.39, 0.29) is 17.9 Å². The number of nitrogens with zero attached hydrogens (tertiary/aromatic N) is 2.